The van der Waals surface area contributed by atoms with Crippen molar-refractivity contribution in [2.75, 3.05) is 20.2 Å². The Morgan fingerprint density at radius 1 is 1.40 bits per heavy atom. The first-order chi connectivity index (χ1) is 9.47. The van der Waals surface area contributed by atoms with Gasteiger partial charge in [-0.05, 0) is 32.4 Å². The molecule has 1 atom stereocenters. The molecule has 20 heavy (non-hydrogen) atoms. The number of carbonyl (C=O) groups is 1. The predicted octanol–water partition coefficient (Wildman–Crippen LogP) is 1.13. The van der Waals surface area contributed by atoms with Crippen molar-refractivity contribution >= 4 is 5.91 Å². The molecule has 1 heterocycles. The summed E-state index contributed by atoms with van der Waals surface area (Å²) < 4.78 is 0. The molecular weight excluding hydrogens is 254 g/mol. The second-order valence-electron chi connectivity index (χ2n) is 5.27. The Balaban J connectivity index is 2.77. The molecule has 0 radical (unpaired) electrons. The molecular formula is C15H25N3O2. The Bertz CT molecular complexity index is 409. The third kappa shape index (κ3) is 4.58. The van der Waals surface area contributed by atoms with Crippen molar-refractivity contribution in [2.45, 2.75) is 39.4 Å². The minimum Gasteiger partial charge on any atom is -0.395 e. The number of rotatable bonds is 7. The van der Waals surface area contributed by atoms with E-state index in [9.17, 15) is 9.90 Å². The quantitative estimate of drug-likeness (QED) is 0.813. The lowest BCUT2D eigenvalue weighted by molar-refractivity contribution is -0.137. The molecule has 0 aliphatic carbocycles. The zero-order valence-electron chi connectivity index (χ0n) is 12.8. The average molecular weight is 279 g/mol. The predicted molar refractivity (Wildman–Crippen MR) is 79.1 cm³/mol. The number of likely N-dealkylation sites (N-methyl/N-ethyl adjacent to an activating group) is 1. The van der Waals surface area contributed by atoms with E-state index in [2.05, 4.69) is 4.98 Å². The number of carbonyl (C=O) groups excluding carboxylic acids is 1. The summed E-state index contributed by atoms with van der Waals surface area (Å²) in [6, 6.07) is 3.74. The molecule has 0 bridgehead atoms. The second kappa shape index (κ2) is 7.97. The van der Waals surface area contributed by atoms with E-state index in [0.717, 1.165) is 5.56 Å². The fraction of sp³-hybridized carbons (Fsp3) is 0.600. The Morgan fingerprint density at radius 3 is 2.60 bits per heavy atom. The van der Waals surface area contributed by atoms with Crippen LogP contribution in [0.4, 0.5) is 0 Å². The highest BCUT2D eigenvalue weighted by Gasteiger charge is 2.25. The van der Waals surface area contributed by atoms with E-state index < -0.39 is 0 Å². The van der Waals surface area contributed by atoms with E-state index in [1.54, 1.807) is 17.3 Å². The van der Waals surface area contributed by atoms with Crippen LogP contribution >= 0.6 is 0 Å². The molecule has 0 saturated heterocycles. The molecule has 1 amide bonds. The van der Waals surface area contributed by atoms with Gasteiger partial charge in [-0.3, -0.25) is 14.7 Å². The van der Waals surface area contributed by atoms with Gasteiger partial charge in [-0.15, -0.1) is 0 Å². The van der Waals surface area contributed by atoms with Crippen LogP contribution in [0.5, 0.6) is 0 Å². The third-order valence-corrected chi connectivity index (χ3v) is 3.52. The average Bonchev–Trinajstić information content (AvgIpc) is 2.45. The van der Waals surface area contributed by atoms with Crippen LogP contribution < -0.4 is 0 Å². The Labute approximate surface area is 121 Å². The number of hydrogen-bond donors (Lipinski definition) is 1. The van der Waals surface area contributed by atoms with Gasteiger partial charge >= 0.3 is 0 Å². The van der Waals surface area contributed by atoms with Crippen LogP contribution in [-0.2, 0) is 11.3 Å². The van der Waals surface area contributed by atoms with Crippen LogP contribution in [0.2, 0.25) is 0 Å². The summed E-state index contributed by atoms with van der Waals surface area (Å²) in [4.78, 5) is 20.2. The zero-order valence-corrected chi connectivity index (χ0v) is 12.8. The van der Waals surface area contributed by atoms with Gasteiger partial charge in [-0.25, -0.2) is 0 Å². The molecule has 0 saturated carbocycles. The highest BCUT2D eigenvalue weighted by atomic mass is 16.3. The van der Waals surface area contributed by atoms with Crippen LogP contribution in [0.3, 0.4) is 0 Å². The molecule has 0 fully saturated rings. The summed E-state index contributed by atoms with van der Waals surface area (Å²) in [5, 5.41) is 9.21. The summed E-state index contributed by atoms with van der Waals surface area (Å²) in [5.74, 6) is 0.0670. The van der Waals surface area contributed by atoms with Crippen LogP contribution in [0.15, 0.2) is 24.5 Å². The summed E-state index contributed by atoms with van der Waals surface area (Å²) >= 11 is 0. The number of aliphatic hydroxyl groups is 1. The molecule has 5 nitrogen and oxygen atoms in total. The summed E-state index contributed by atoms with van der Waals surface area (Å²) in [5.41, 5.74) is 1.04. The highest BCUT2D eigenvalue weighted by Crippen LogP contribution is 2.10. The molecule has 1 rings (SSSR count). The maximum absolute atomic E-state index is 12.4. The van der Waals surface area contributed by atoms with Gasteiger partial charge in [-0.2, -0.15) is 0 Å². The van der Waals surface area contributed by atoms with Gasteiger partial charge in [0.1, 0.15) is 0 Å². The molecule has 0 spiro atoms. The van der Waals surface area contributed by atoms with Crippen molar-refractivity contribution in [1.82, 2.24) is 14.8 Å². The van der Waals surface area contributed by atoms with Crippen LogP contribution in [0.1, 0.15) is 26.3 Å². The Morgan fingerprint density at radius 2 is 2.10 bits per heavy atom. The maximum Gasteiger partial charge on any atom is 0.239 e. The fourth-order valence-electron chi connectivity index (χ4n) is 1.97. The standard InChI is InChI=1S/C15H25N3O2/c1-12(2)17(4)15(20)13(3)18(8-9-19)11-14-6-5-7-16-10-14/h5-7,10,12-13,19H,8-9,11H2,1-4H3. The molecule has 1 N–H and O–H groups in total. The Kier molecular flexibility index (Phi) is 6.61. The van der Waals surface area contributed by atoms with Crippen LogP contribution in [0, 0.1) is 0 Å². The molecule has 0 aromatic carbocycles. The molecule has 1 unspecified atom stereocenters. The largest absolute Gasteiger partial charge is 0.395 e. The number of amides is 1. The monoisotopic (exact) mass is 279 g/mol. The van der Waals surface area contributed by atoms with Crippen molar-refractivity contribution < 1.29 is 9.90 Å². The molecule has 112 valence electrons. The summed E-state index contributed by atoms with van der Waals surface area (Å²) in [6.45, 7) is 6.96. The minimum absolute atomic E-state index is 0.0310. The van der Waals surface area contributed by atoms with Gasteiger partial charge < -0.3 is 10.0 Å². The number of aromatic nitrogens is 1. The lowest BCUT2D eigenvalue weighted by atomic mass is 10.2. The second-order valence-corrected chi connectivity index (χ2v) is 5.27. The number of nitrogens with zero attached hydrogens (tertiary/aromatic N) is 3. The number of pyridine rings is 1. The first-order valence-electron chi connectivity index (χ1n) is 6.97. The number of aliphatic hydroxyl groups excluding tert-OH is 1. The van der Waals surface area contributed by atoms with Crippen LogP contribution in [0.25, 0.3) is 0 Å². The van der Waals surface area contributed by atoms with Crippen molar-refractivity contribution in [3.05, 3.63) is 30.1 Å². The molecule has 1 aromatic heterocycles. The highest BCUT2D eigenvalue weighted by molar-refractivity contribution is 5.81. The smallest absolute Gasteiger partial charge is 0.239 e. The van der Waals surface area contributed by atoms with E-state index >= 15 is 0 Å². The van der Waals surface area contributed by atoms with Gasteiger partial charge in [0.2, 0.25) is 5.91 Å². The van der Waals surface area contributed by atoms with Gasteiger partial charge in [0.05, 0.1) is 12.6 Å². The molecule has 1 aromatic rings. The van der Waals surface area contributed by atoms with Crippen molar-refractivity contribution in [2.24, 2.45) is 0 Å². The van der Waals surface area contributed by atoms with Gasteiger partial charge in [0, 0.05) is 38.6 Å². The van der Waals surface area contributed by atoms with E-state index in [1.807, 2.05) is 44.9 Å². The lowest BCUT2D eigenvalue weighted by Gasteiger charge is -2.32. The first kappa shape index (κ1) is 16.6. The van der Waals surface area contributed by atoms with Crippen molar-refractivity contribution in [3.8, 4) is 0 Å². The first-order valence-corrected chi connectivity index (χ1v) is 6.97. The lowest BCUT2D eigenvalue weighted by Crippen LogP contribution is -2.48. The topological polar surface area (TPSA) is 56.7 Å². The van der Waals surface area contributed by atoms with E-state index in [0.29, 0.717) is 13.1 Å². The maximum atomic E-state index is 12.4. The number of hydrogen-bond acceptors (Lipinski definition) is 4. The van der Waals surface area contributed by atoms with Gasteiger partial charge in [0.25, 0.3) is 0 Å². The van der Waals surface area contributed by atoms with Crippen molar-refractivity contribution in [3.63, 3.8) is 0 Å². The fourth-order valence-corrected chi connectivity index (χ4v) is 1.97. The normalized spacial score (nSPS) is 12.8. The van der Waals surface area contributed by atoms with Crippen LogP contribution in [-0.4, -0.2) is 58.1 Å². The minimum atomic E-state index is -0.269. The SMILES string of the molecule is CC(C(=O)N(C)C(C)C)N(CCO)Cc1cccnc1. The van der Waals surface area contributed by atoms with E-state index in [-0.39, 0.29) is 24.6 Å². The zero-order chi connectivity index (χ0) is 15.1. The molecule has 0 aliphatic heterocycles. The van der Waals surface area contributed by atoms with E-state index in [4.69, 9.17) is 0 Å². The summed E-state index contributed by atoms with van der Waals surface area (Å²) in [6.07, 6.45) is 3.51. The Hall–Kier alpha value is -1.46. The molecule has 0 aliphatic rings. The third-order valence-electron chi connectivity index (χ3n) is 3.52. The van der Waals surface area contributed by atoms with Gasteiger partial charge in [-0.1, -0.05) is 6.07 Å². The van der Waals surface area contributed by atoms with E-state index in [1.165, 1.54) is 0 Å². The molecule has 5 heteroatoms. The van der Waals surface area contributed by atoms with Gasteiger partial charge in [0.15, 0.2) is 0 Å². The van der Waals surface area contributed by atoms with Crippen molar-refractivity contribution in [1.29, 1.82) is 0 Å². The summed E-state index contributed by atoms with van der Waals surface area (Å²) in [7, 11) is 1.81.